The summed E-state index contributed by atoms with van der Waals surface area (Å²) >= 11 is 1.36. The van der Waals surface area contributed by atoms with Crippen molar-refractivity contribution in [3.8, 4) is 0 Å². The van der Waals surface area contributed by atoms with Crippen molar-refractivity contribution in [1.29, 1.82) is 0 Å². The zero-order chi connectivity index (χ0) is 15.5. The van der Waals surface area contributed by atoms with Crippen LogP contribution in [0.2, 0.25) is 0 Å². The highest BCUT2D eigenvalue weighted by atomic mass is 32.2. The molecular formula is C14H25N3O2S2. The molecule has 1 aliphatic rings. The fraction of sp³-hybridized carbons (Fsp3) is 0.714. The molecule has 0 amide bonds. The van der Waals surface area contributed by atoms with Gasteiger partial charge in [0.2, 0.25) is 0 Å². The first kappa shape index (κ1) is 16.9. The maximum atomic E-state index is 12.6. The molecule has 0 unspecified atom stereocenters. The molecule has 1 aromatic heterocycles. The van der Waals surface area contributed by atoms with Crippen LogP contribution in [-0.2, 0) is 16.6 Å². The molecule has 1 N–H and O–H groups in total. The lowest BCUT2D eigenvalue weighted by Crippen LogP contribution is -2.49. The average Bonchev–Trinajstić information content (AvgIpc) is 2.88. The van der Waals surface area contributed by atoms with Crippen LogP contribution in [0, 0.1) is 5.92 Å². The lowest BCUT2D eigenvalue weighted by molar-refractivity contribution is 0.172. The molecule has 5 nitrogen and oxygen atoms in total. The molecule has 0 aromatic carbocycles. The summed E-state index contributed by atoms with van der Waals surface area (Å²) in [6.45, 7) is 8.97. The van der Waals surface area contributed by atoms with Gasteiger partial charge in [0.1, 0.15) is 4.21 Å². The van der Waals surface area contributed by atoms with Crippen LogP contribution in [0.1, 0.15) is 18.7 Å². The van der Waals surface area contributed by atoms with Gasteiger partial charge in [-0.05, 0) is 25.1 Å². The van der Waals surface area contributed by atoms with E-state index in [2.05, 4.69) is 24.1 Å². The first-order chi connectivity index (χ1) is 9.93. The third kappa shape index (κ3) is 4.26. The molecule has 120 valence electrons. The van der Waals surface area contributed by atoms with E-state index in [1.165, 1.54) is 11.3 Å². The summed E-state index contributed by atoms with van der Waals surface area (Å²) < 4.78 is 27.3. The van der Waals surface area contributed by atoms with Crippen molar-refractivity contribution < 1.29 is 8.42 Å². The highest BCUT2D eigenvalue weighted by molar-refractivity contribution is 7.91. The molecule has 1 saturated heterocycles. The zero-order valence-electron chi connectivity index (χ0n) is 13.0. The first-order valence-corrected chi connectivity index (χ1v) is 9.65. The van der Waals surface area contributed by atoms with E-state index in [1.54, 1.807) is 10.4 Å². The third-order valence-electron chi connectivity index (χ3n) is 3.54. The van der Waals surface area contributed by atoms with Gasteiger partial charge in [-0.1, -0.05) is 13.8 Å². The fourth-order valence-electron chi connectivity index (χ4n) is 2.56. The Morgan fingerprint density at radius 1 is 1.24 bits per heavy atom. The Morgan fingerprint density at radius 3 is 2.48 bits per heavy atom. The number of sulfonamides is 1. The normalized spacial score (nSPS) is 18.5. The van der Waals surface area contributed by atoms with E-state index in [-0.39, 0.29) is 0 Å². The summed E-state index contributed by atoms with van der Waals surface area (Å²) in [7, 11) is -1.45. The molecule has 1 fully saturated rings. The molecule has 1 aliphatic heterocycles. The van der Waals surface area contributed by atoms with Crippen LogP contribution in [0.15, 0.2) is 16.3 Å². The van der Waals surface area contributed by atoms with Gasteiger partial charge in [-0.15, -0.1) is 11.3 Å². The minimum atomic E-state index is -3.31. The lowest BCUT2D eigenvalue weighted by atomic mass is 10.2. The highest BCUT2D eigenvalue weighted by Gasteiger charge is 2.29. The second-order valence-corrected chi connectivity index (χ2v) is 9.18. The van der Waals surface area contributed by atoms with E-state index >= 15 is 0 Å². The predicted octanol–water partition coefficient (Wildman–Crippen LogP) is 1.43. The quantitative estimate of drug-likeness (QED) is 0.857. The molecule has 1 aromatic rings. The van der Waals surface area contributed by atoms with Gasteiger partial charge in [0.05, 0.1) is 0 Å². The standard InChI is InChI=1S/C14H25N3O2S2/c1-12(2)11-16-6-8-17(9-7-16)21(18,19)14-5-4-13(20-14)10-15-3/h4-5,12,15H,6-11H2,1-3H3. The first-order valence-electron chi connectivity index (χ1n) is 7.39. The summed E-state index contributed by atoms with van der Waals surface area (Å²) in [5.41, 5.74) is 0. The predicted molar refractivity (Wildman–Crippen MR) is 87.1 cm³/mol. The van der Waals surface area contributed by atoms with E-state index in [4.69, 9.17) is 0 Å². The van der Waals surface area contributed by atoms with Gasteiger partial charge in [0.25, 0.3) is 10.0 Å². The second-order valence-electron chi connectivity index (χ2n) is 5.85. The SMILES string of the molecule is CNCc1ccc(S(=O)(=O)N2CCN(CC(C)C)CC2)s1. The molecule has 2 rings (SSSR count). The molecule has 0 radical (unpaired) electrons. The molecule has 0 atom stereocenters. The average molecular weight is 332 g/mol. The maximum absolute atomic E-state index is 12.6. The maximum Gasteiger partial charge on any atom is 0.252 e. The Labute approximate surface area is 132 Å². The van der Waals surface area contributed by atoms with Crippen molar-refractivity contribution in [1.82, 2.24) is 14.5 Å². The van der Waals surface area contributed by atoms with Gasteiger partial charge in [-0.25, -0.2) is 8.42 Å². The number of rotatable bonds is 6. The summed E-state index contributed by atoms with van der Waals surface area (Å²) in [4.78, 5) is 3.40. The lowest BCUT2D eigenvalue weighted by Gasteiger charge is -2.34. The van der Waals surface area contributed by atoms with Gasteiger partial charge in [0, 0.05) is 44.1 Å². The summed E-state index contributed by atoms with van der Waals surface area (Å²) in [5.74, 6) is 0.620. The van der Waals surface area contributed by atoms with Gasteiger partial charge in [-0.2, -0.15) is 4.31 Å². The van der Waals surface area contributed by atoms with Crippen LogP contribution in [0.25, 0.3) is 0 Å². The van der Waals surface area contributed by atoms with Crippen LogP contribution < -0.4 is 5.32 Å². The second kappa shape index (κ2) is 7.19. The van der Waals surface area contributed by atoms with Crippen molar-refractivity contribution >= 4 is 21.4 Å². The minimum Gasteiger partial charge on any atom is -0.315 e. The van der Waals surface area contributed by atoms with E-state index in [0.717, 1.165) is 24.5 Å². The number of nitrogens with zero attached hydrogens (tertiary/aromatic N) is 2. The van der Waals surface area contributed by atoms with Crippen LogP contribution in [0.5, 0.6) is 0 Å². The number of hydrogen-bond acceptors (Lipinski definition) is 5. The van der Waals surface area contributed by atoms with E-state index in [9.17, 15) is 8.42 Å². The van der Waals surface area contributed by atoms with Crippen LogP contribution >= 0.6 is 11.3 Å². The largest absolute Gasteiger partial charge is 0.315 e. The van der Waals surface area contributed by atoms with Crippen LogP contribution in [-0.4, -0.2) is 57.4 Å². The molecule has 0 bridgehead atoms. The van der Waals surface area contributed by atoms with Crippen LogP contribution in [0.3, 0.4) is 0 Å². The zero-order valence-corrected chi connectivity index (χ0v) is 14.6. The summed E-state index contributed by atoms with van der Waals surface area (Å²) in [5, 5.41) is 3.05. The molecule has 0 aliphatic carbocycles. The van der Waals surface area contributed by atoms with Crippen molar-refractivity contribution in [2.75, 3.05) is 39.8 Å². The topological polar surface area (TPSA) is 52.7 Å². The number of piperazine rings is 1. The molecule has 2 heterocycles. The van der Waals surface area contributed by atoms with Crippen LogP contribution in [0.4, 0.5) is 0 Å². The molecule has 0 saturated carbocycles. The highest BCUT2D eigenvalue weighted by Crippen LogP contribution is 2.25. The Morgan fingerprint density at radius 2 is 1.90 bits per heavy atom. The molecule has 0 spiro atoms. The van der Waals surface area contributed by atoms with Crippen molar-refractivity contribution in [2.45, 2.75) is 24.6 Å². The van der Waals surface area contributed by atoms with Crippen molar-refractivity contribution in [2.24, 2.45) is 5.92 Å². The Kier molecular flexibility index (Phi) is 5.79. The summed E-state index contributed by atoms with van der Waals surface area (Å²) in [6, 6.07) is 3.62. The Hall–Kier alpha value is -0.470. The van der Waals surface area contributed by atoms with Gasteiger partial charge >= 0.3 is 0 Å². The van der Waals surface area contributed by atoms with Crippen molar-refractivity contribution in [3.05, 3.63) is 17.0 Å². The van der Waals surface area contributed by atoms with E-state index in [1.807, 2.05) is 13.1 Å². The third-order valence-corrected chi connectivity index (χ3v) is 6.99. The Bertz CT molecular complexity index is 546. The number of hydrogen-bond donors (Lipinski definition) is 1. The molecule has 21 heavy (non-hydrogen) atoms. The van der Waals surface area contributed by atoms with Gasteiger partial charge in [-0.3, -0.25) is 0 Å². The van der Waals surface area contributed by atoms with E-state index in [0.29, 0.717) is 29.8 Å². The van der Waals surface area contributed by atoms with Gasteiger partial charge in [0.15, 0.2) is 0 Å². The smallest absolute Gasteiger partial charge is 0.252 e. The Balaban J connectivity index is 2.00. The number of nitrogens with one attached hydrogen (secondary N) is 1. The van der Waals surface area contributed by atoms with Crippen molar-refractivity contribution in [3.63, 3.8) is 0 Å². The monoisotopic (exact) mass is 331 g/mol. The minimum absolute atomic E-state index is 0.463. The number of thiophene rings is 1. The molecule has 7 heteroatoms. The molecular weight excluding hydrogens is 306 g/mol. The van der Waals surface area contributed by atoms with Gasteiger partial charge < -0.3 is 10.2 Å². The fourth-order valence-corrected chi connectivity index (χ4v) is 5.51. The summed E-state index contributed by atoms with van der Waals surface area (Å²) in [6.07, 6.45) is 0. The van der Waals surface area contributed by atoms with E-state index < -0.39 is 10.0 Å².